The van der Waals surface area contributed by atoms with Gasteiger partial charge in [0.2, 0.25) is 0 Å². The Morgan fingerprint density at radius 1 is 1.13 bits per heavy atom. The number of esters is 1. The highest BCUT2D eigenvalue weighted by Crippen LogP contribution is 2.17. The quantitative estimate of drug-likeness (QED) is 0.734. The number of nitrogens with one attached hydrogen (secondary N) is 2. The van der Waals surface area contributed by atoms with Crippen molar-refractivity contribution in [2.45, 2.75) is 31.7 Å². The van der Waals surface area contributed by atoms with Crippen LogP contribution in [-0.2, 0) is 14.3 Å². The van der Waals surface area contributed by atoms with E-state index in [1.165, 1.54) is 0 Å². The molecule has 0 unspecified atom stereocenters. The Kier molecular flexibility index (Phi) is 6.58. The minimum absolute atomic E-state index is 0.193. The van der Waals surface area contributed by atoms with Crippen LogP contribution in [0, 0.1) is 0 Å². The molecule has 0 atom stereocenters. The van der Waals surface area contributed by atoms with E-state index in [1.54, 1.807) is 24.3 Å². The maximum absolute atomic E-state index is 11.8. The summed E-state index contributed by atoms with van der Waals surface area (Å²) >= 11 is 3.28. The van der Waals surface area contributed by atoms with Crippen LogP contribution in [0.25, 0.3) is 0 Å². The summed E-state index contributed by atoms with van der Waals surface area (Å²) < 4.78 is 5.71. The fourth-order valence-electron chi connectivity index (χ4n) is 2.39. The molecule has 23 heavy (non-hydrogen) atoms. The molecular weight excluding hydrogens is 364 g/mol. The van der Waals surface area contributed by atoms with Gasteiger partial charge in [0.25, 0.3) is 11.8 Å². The second kappa shape index (κ2) is 8.67. The molecule has 0 saturated heterocycles. The third-order valence-electron chi connectivity index (χ3n) is 3.58. The first kappa shape index (κ1) is 17.5. The lowest BCUT2D eigenvalue weighted by molar-refractivity contribution is -0.147. The molecule has 124 valence electrons. The molecule has 7 heteroatoms. The fourth-order valence-corrected chi connectivity index (χ4v) is 2.66. The third kappa shape index (κ3) is 6.02. The standard InChI is InChI=1S/C16H19BrN2O4/c17-12-7-5-11(6-8-12)16(22)18-9-15(21)23-10-14(20)19-13-3-1-2-4-13/h5-8,13H,1-4,9-10H2,(H,18,22)(H,19,20). The van der Waals surface area contributed by atoms with Gasteiger partial charge in [0.15, 0.2) is 6.61 Å². The summed E-state index contributed by atoms with van der Waals surface area (Å²) in [5, 5.41) is 5.28. The summed E-state index contributed by atoms with van der Waals surface area (Å²) in [6.07, 6.45) is 4.19. The molecule has 0 radical (unpaired) electrons. The van der Waals surface area contributed by atoms with Gasteiger partial charge < -0.3 is 15.4 Å². The summed E-state index contributed by atoms with van der Waals surface area (Å²) in [5.41, 5.74) is 0.444. The Morgan fingerprint density at radius 2 is 1.78 bits per heavy atom. The highest BCUT2D eigenvalue weighted by molar-refractivity contribution is 9.10. The normalized spacial score (nSPS) is 14.3. The van der Waals surface area contributed by atoms with Gasteiger partial charge in [0.05, 0.1) is 0 Å². The van der Waals surface area contributed by atoms with Crippen molar-refractivity contribution in [3.05, 3.63) is 34.3 Å². The third-order valence-corrected chi connectivity index (χ3v) is 4.11. The summed E-state index contributed by atoms with van der Waals surface area (Å²) in [6.45, 7) is -0.588. The molecule has 0 spiro atoms. The molecule has 0 aromatic heterocycles. The van der Waals surface area contributed by atoms with Crippen molar-refractivity contribution in [2.75, 3.05) is 13.2 Å². The number of benzene rings is 1. The van der Waals surface area contributed by atoms with Crippen molar-refractivity contribution >= 4 is 33.7 Å². The highest BCUT2D eigenvalue weighted by Gasteiger charge is 2.18. The van der Waals surface area contributed by atoms with Crippen LogP contribution < -0.4 is 10.6 Å². The summed E-state index contributed by atoms with van der Waals surface area (Å²) in [5.74, 6) is -1.31. The van der Waals surface area contributed by atoms with Crippen molar-refractivity contribution < 1.29 is 19.1 Å². The van der Waals surface area contributed by atoms with Gasteiger partial charge in [-0.1, -0.05) is 28.8 Å². The van der Waals surface area contributed by atoms with Crippen LogP contribution in [0.2, 0.25) is 0 Å². The summed E-state index contributed by atoms with van der Waals surface area (Å²) in [7, 11) is 0. The summed E-state index contributed by atoms with van der Waals surface area (Å²) in [4.78, 5) is 35.0. The number of hydrogen-bond donors (Lipinski definition) is 2. The van der Waals surface area contributed by atoms with Gasteiger partial charge in [-0.3, -0.25) is 14.4 Å². The number of rotatable bonds is 6. The fraction of sp³-hybridized carbons (Fsp3) is 0.438. The largest absolute Gasteiger partial charge is 0.454 e. The number of carbonyl (C=O) groups excluding carboxylic acids is 3. The molecule has 0 heterocycles. The van der Waals surface area contributed by atoms with Gasteiger partial charge >= 0.3 is 5.97 Å². The van der Waals surface area contributed by atoms with Crippen molar-refractivity contribution in [1.82, 2.24) is 10.6 Å². The van der Waals surface area contributed by atoms with Gasteiger partial charge in [0.1, 0.15) is 6.54 Å². The molecule has 2 amide bonds. The zero-order chi connectivity index (χ0) is 16.7. The minimum atomic E-state index is -0.642. The lowest BCUT2D eigenvalue weighted by Crippen LogP contribution is -2.37. The molecule has 1 fully saturated rings. The Hall–Kier alpha value is -1.89. The number of carbonyl (C=O) groups is 3. The average molecular weight is 383 g/mol. The zero-order valence-electron chi connectivity index (χ0n) is 12.6. The molecule has 1 aromatic rings. The zero-order valence-corrected chi connectivity index (χ0v) is 14.2. The van der Waals surface area contributed by atoms with Crippen LogP contribution in [0.3, 0.4) is 0 Å². The van der Waals surface area contributed by atoms with Crippen LogP contribution in [0.5, 0.6) is 0 Å². The molecule has 2 rings (SSSR count). The second-order valence-electron chi connectivity index (χ2n) is 5.40. The van der Waals surface area contributed by atoms with E-state index in [9.17, 15) is 14.4 Å². The maximum Gasteiger partial charge on any atom is 0.325 e. The molecule has 1 aromatic carbocycles. The van der Waals surface area contributed by atoms with E-state index in [2.05, 4.69) is 26.6 Å². The first-order valence-electron chi connectivity index (χ1n) is 7.53. The minimum Gasteiger partial charge on any atom is -0.454 e. The number of hydrogen-bond acceptors (Lipinski definition) is 4. The van der Waals surface area contributed by atoms with E-state index in [1.807, 2.05) is 0 Å². The molecule has 2 N–H and O–H groups in total. The number of halogens is 1. The monoisotopic (exact) mass is 382 g/mol. The van der Waals surface area contributed by atoms with Gasteiger partial charge in [0, 0.05) is 16.1 Å². The molecule has 0 aliphatic heterocycles. The van der Waals surface area contributed by atoms with E-state index < -0.39 is 5.97 Å². The SMILES string of the molecule is O=C(COC(=O)CNC(=O)c1ccc(Br)cc1)NC1CCCC1. The topological polar surface area (TPSA) is 84.5 Å². The van der Waals surface area contributed by atoms with Crippen molar-refractivity contribution in [1.29, 1.82) is 0 Å². The maximum atomic E-state index is 11.8. The molecule has 1 saturated carbocycles. The molecule has 6 nitrogen and oxygen atoms in total. The molecule has 1 aliphatic carbocycles. The van der Waals surface area contributed by atoms with Gasteiger partial charge in [-0.05, 0) is 37.1 Å². The second-order valence-corrected chi connectivity index (χ2v) is 6.31. The van der Waals surface area contributed by atoms with E-state index in [0.717, 1.165) is 30.2 Å². The molecular formula is C16H19BrN2O4. The first-order valence-corrected chi connectivity index (χ1v) is 8.32. The Morgan fingerprint density at radius 3 is 2.43 bits per heavy atom. The Labute approximate surface area is 143 Å². The van der Waals surface area contributed by atoms with Gasteiger partial charge in [-0.15, -0.1) is 0 Å². The van der Waals surface area contributed by atoms with Gasteiger partial charge in [-0.2, -0.15) is 0 Å². The first-order chi connectivity index (χ1) is 11.0. The predicted octanol–water partition coefficient (Wildman–Crippen LogP) is 1.78. The predicted molar refractivity (Wildman–Crippen MR) is 87.8 cm³/mol. The van der Waals surface area contributed by atoms with Crippen molar-refractivity contribution in [2.24, 2.45) is 0 Å². The van der Waals surface area contributed by atoms with Gasteiger partial charge in [-0.25, -0.2) is 0 Å². The Balaban J connectivity index is 1.65. The molecule has 1 aliphatic rings. The Bertz CT molecular complexity index is 568. The highest BCUT2D eigenvalue weighted by atomic mass is 79.9. The van der Waals surface area contributed by atoms with E-state index in [-0.39, 0.29) is 31.0 Å². The van der Waals surface area contributed by atoms with E-state index in [4.69, 9.17) is 4.74 Å². The lowest BCUT2D eigenvalue weighted by Gasteiger charge is -2.12. The van der Waals surface area contributed by atoms with Crippen LogP contribution in [-0.4, -0.2) is 37.0 Å². The van der Waals surface area contributed by atoms with E-state index >= 15 is 0 Å². The number of amides is 2. The number of ether oxygens (including phenoxy) is 1. The van der Waals surface area contributed by atoms with Crippen LogP contribution in [0.1, 0.15) is 36.0 Å². The van der Waals surface area contributed by atoms with Crippen LogP contribution in [0.15, 0.2) is 28.7 Å². The van der Waals surface area contributed by atoms with Crippen molar-refractivity contribution in [3.63, 3.8) is 0 Å². The van der Waals surface area contributed by atoms with E-state index in [0.29, 0.717) is 5.56 Å². The van der Waals surface area contributed by atoms with Crippen molar-refractivity contribution in [3.8, 4) is 0 Å². The van der Waals surface area contributed by atoms with Crippen LogP contribution in [0.4, 0.5) is 0 Å². The average Bonchev–Trinajstić information content (AvgIpc) is 3.04. The molecule has 0 bridgehead atoms. The summed E-state index contributed by atoms with van der Waals surface area (Å²) in [6, 6.07) is 6.94. The lowest BCUT2D eigenvalue weighted by atomic mass is 10.2. The smallest absolute Gasteiger partial charge is 0.325 e. The van der Waals surface area contributed by atoms with Crippen LogP contribution >= 0.6 is 15.9 Å².